The van der Waals surface area contributed by atoms with E-state index in [4.69, 9.17) is 5.11 Å². The van der Waals surface area contributed by atoms with Crippen LogP contribution < -0.4 is 5.32 Å². The number of aromatic nitrogens is 3. The second kappa shape index (κ2) is 15.8. The lowest BCUT2D eigenvalue weighted by Gasteiger charge is -2.14. The molecule has 0 atom stereocenters. The first-order valence-corrected chi connectivity index (χ1v) is 9.33. The van der Waals surface area contributed by atoms with Gasteiger partial charge < -0.3 is 20.1 Å². The van der Waals surface area contributed by atoms with Crippen molar-refractivity contribution in [1.82, 2.24) is 15.0 Å². The average Bonchev–Trinajstić information content (AvgIpc) is 3.10. The van der Waals surface area contributed by atoms with Crippen LogP contribution in [0.5, 0.6) is 0 Å². The maximum atomic E-state index is 11.7. The molecular formula is C19H25BrF2N4O2. The number of alkyl halides is 2. The van der Waals surface area contributed by atoms with Gasteiger partial charge in [0.1, 0.15) is 5.65 Å². The Kier molecular flexibility index (Phi) is 14.6. The number of ether oxygens (including phenoxy) is 1. The molecule has 0 radical (unpaired) electrons. The third kappa shape index (κ3) is 10.2. The summed E-state index contributed by atoms with van der Waals surface area (Å²) < 4.78 is 28.3. The minimum atomic E-state index is -2.75. The molecule has 1 fully saturated rings. The minimum Gasteiger partial charge on any atom is -0.393 e. The van der Waals surface area contributed by atoms with Gasteiger partial charge in [0.05, 0.1) is 18.1 Å². The van der Waals surface area contributed by atoms with Crippen LogP contribution >= 0.6 is 15.9 Å². The Labute approximate surface area is 172 Å². The standard InChI is InChI=1S/C9H9BrF2N4O.C6H12O.2C2H2/c10-6-4-14-7-5(6)3-15-9(16-7)13-1-2-17-8(11)12;7-6-4-2-1-3-5-6;2*1-2/h3-4,8H,1-2H2,(H2,13,14,15,16);6-7H,1-5H2;2*1-2H. The van der Waals surface area contributed by atoms with E-state index in [9.17, 15) is 8.78 Å². The fourth-order valence-corrected chi connectivity index (χ4v) is 2.76. The van der Waals surface area contributed by atoms with Crippen molar-refractivity contribution in [2.24, 2.45) is 0 Å². The summed E-state index contributed by atoms with van der Waals surface area (Å²) in [4.78, 5) is 11.2. The molecule has 2 aromatic heterocycles. The number of anilines is 1. The van der Waals surface area contributed by atoms with Crippen molar-refractivity contribution in [3.05, 3.63) is 16.9 Å². The van der Waals surface area contributed by atoms with Crippen LogP contribution in [0.1, 0.15) is 32.1 Å². The Hall–Kier alpha value is -2.20. The number of nitrogens with one attached hydrogen (secondary N) is 2. The van der Waals surface area contributed by atoms with E-state index < -0.39 is 6.61 Å². The first kappa shape index (κ1) is 25.8. The van der Waals surface area contributed by atoms with Gasteiger partial charge in [-0.15, -0.1) is 25.7 Å². The van der Waals surface area contributed by atoms with Crippen molar-refractivity contribution >= 4 is 32.9 Å². The molecule has 3 rings (SSSR count). The molecule has 0 aromatic carbocycles. The minimum absolute atomic E-state index is 0.0359. The van der Waals surface area contributed by atoms with Crippen molar-refractivity contribution in [2.75, 3.05) is 18.5 Å². The summed E-state index contributed by atoms with van der Waals surface area (Å²) in [5, 5.41) is 12.6. The van der Waals surface area contributed by atoms with Gasteiger partial charge in [-0.1, -0.05) is 19.3 Å². The van der Waals surface area contributed by atoms with E-state index in [1.807, 2.05) is 0 Å². The van der Waals surface area contributed by atoms with Gasteiger partial charge in [-0.25, -0.2) is 4.98 Å². The Bertz CT molecular complexity index is 695. The molecular weight excluding hydrogens is 434 g/mol. The van der Waals surface area contributed by atoms with Gasteiger partial charge in [0.2, 0.25) is 5.95 Å². The van der Waals surface area contributed by atoms with E-state index in [0.29, 0.717) is 11.6 Å². The zero-order chi connectivity index (χ0) is 21.4. The molecule has 1 aliphatic rings. The van der Waals surface area contributed by atoms with Crippen molar-refractivity contribution in [3.8, 4) is 25.7 Å². The average molecular weight is 459 g/mol. The quantitative estimate of drug-likeness (QED) is 0.462. The molecule has 0 bridgehead atoms. The molecule has 9 heteroatoms. The number of H-pyrrole nitrogens is 1. The van der Waals surface area contributed by atoms with Crippen LogP contribution in [0, 0.1) is 25.7 Å². The summed E-state index contributed by atoms with van der Waals surface area (Å²) in [7, 11) is 0. The SMILES string of the molecule is C#C.C#C.FC(F)OCCNc1ncc2c(Br)c[nH]c2n1.OC1CCCCC1. The van der Waals surface area contributed by atoms with Gasteiger partial charge in [-0.3, -0.25) is 0 Å². The van der Waals surface area contributed by atoms with Crippen LogP contribution in [0.3, 0.4) is 0 Å². The monoisotopic (exact) mass is 458 g/mol. The first-order chi connectivity index (χ1) is 13.6. The number of terminal acetylenes is 2. The Morgan fingerprint density at radius 3 is 2.43 bits per heavy atom. The maximum absolute atomic E-state index is 11.7. The van der Waals surface area contributed by atoms with Gasteiger partial charge in [0, 0.05) is 23.4 Å². The van der Waals surface area contributed by atoms with Crippen molar-refractivity contribution < 1.29 is 18.6 Å². The highest BCUT2D eigenvalue weighted by Crippen LogP contribution is 2.21. The molecule has 1 aliphatic carbocycles. The summed E-state index contributed by atoms with van der Waals surface area (Å²) in [6.45, 7) is -2.63. The summed E-state index contributed by atoms with van der Waals surface area (Å²) >= 11 is 3.34. The lowest BCUT2D eigenvalue weighted by atomic mass is 9.98. The van der Waals surface area contributed by atoms with E-state index >= 15 is 0 Å². The fraction of sp³-hybridized carbons (Fsp3) is 0.474. The molecule has 0 aliphatic heterocycles. The second-order valence-corrected chi connectivity index (χ2v) is 6.30. The predicted molar refractivity (Wildman–Crippen MR) is 111 cm³/mol. The smallest absolute Gasteiger partial charge is 0.345 e. The lowest BCUT2D eigenvalue weighted by Crippen LogP contribution is -2.13. The molecule has 0 unspecified atom stereocenters. The Morgan fingerprint density at radius 1 is 1.25 bits per heavy atom. The van der Waals surface area contributed by atoms with Gasteiger partial charge in [-0.05, 0) is 28.8 Å². The van der Waals surface area contributed by atoms with Crippen LogP contribution in [0.4, 0.5) is 14.7 Å². The zero-order valence-corrected chi connectivity index (χ0v) is 17.0. The Morgan fingerprint density at radius 2 is 1.89 bits per heavy atom. The summed E-state index contributed by atoms with van der Waals surface area (Å²) in [6, 6.07) is 0. The van der Waals surface area contributed by atoms with Crippen LogP contribution in [0.2, 0.25) is 0 Å². The third-order valence-corrected chi connectivity index (χ3v) is 4.24. The van der Waals surface area contributed by atoms with Gasteiger partial charge >= 0.3 is 6.61 Å². The van der Waals surface area contributed by atoms with Crippen LogP contribution in [0.15, 0.2) is 16.9 Å². The molecule has 1 saturated carbocycles. The van der Waals surface area contributed by atoms with Crippen molar-refractivity contribution in [3.63, 3.8) is 0 Å². The van der Waals surface area contributed by atoms with Gasteiger partial charge in [-0.2, -0.15) is 13.8 Å². The molecule has 0 saturated heterocycles. The van der Waals surface area contributed by atoms with E-state index in [2.05, 4.69) is 66.6 Å². The molecule has 6 nitrogen and oxygen atoms in total. The topological polar surface area (TPSA) is 83.1 Å². The number of halogens is 3. The lowest BCUT2D eigenvalue weighted by molar-refractivity contribution is -0.125. The number of aliphatic hydroxyl groups is 1. The maximum Gasteiger partial charge on any atom is 0.345 e. The van der Waals surface area contributed by atoms with E-state index in [1.165, 1.54) is 19.3 Å². The highest BCUT2D eigenvalue weighted by Gasteiger charge is 2.08. The van der Waals surface area contributed by atoms with Crippen molar-refractivity contribution in [1.29, 1.82) is 0 Å². The number of hydrogen-bond donors (Lipinski definition) is 3. The number of nitrogens with zero attached hydrogens (tertiary/aromatic N) is 2. The number of aliphatic hydroxyl groups excluding tert-OH is 1. The molecule has 0 spiro atoms. The highest BCUT2D eigenvalue weighted by molar-refractivity contribution is 9.10. The fourth-order valence-electron chi connectivity index (χ4n) is 2.35. The van der Waals surface area contributed by atoms with Gasteiger partial charge in [0.25, 0.3) is 0 Å². The normalized spacial score (nSPS) is 13.3. The number of rotatable bonds is 5. The summed E-state index contributed by atoms with van der Waals surface area (Å²) in [5.74, 6) is 0.365. The third-order valence-electron chi connectivity index (χ3n) is 3.59. The molecule has 0 amide bonds. The first-order valence-electron chi connectivity index (χ1n) is 8.54. The number of fused-ring (bicyclic) bond motifs is 1. The summed E-state index contributed by atoms with van der Waals surface area (Å²) in [6.07, 6.45) is 25.3. The zero-order valence-electron chi connectivity index (χ0n) is 15.5. The molecule has 28 heavy (non-hydrogen) atoms. The molecule has 2 heterocycles. The second-order valence-electron chi connectivity index (χ2n) is 5.44. The van der Waals surface area contributed by atoms with Crippen molar-refractivity contribution in [2.45, 2.75) is 44.8 Å². The van der Waals surface area contributed by atoms with E-state index in [1.54, 1.807) is 12.4 Å². The van der Waals surface area contributed by atoms with Crippen LogP contribution in [-0.2, 0) is 4.74 Å². The van der Waals surface area contributed by atoms with E-state index in [-0.39, 0.29) is 19.3 Å². The van der Waals surface area contributed by atoms with Crippen LogP contribution in [0.25, 0.3) is 11.0 Å². The van der Waals surface area contributed by atoms with E-state index in [0.717, 1.165) is 22.7 Å². The largest absolute Gasteiger partial charge is 0.393 e. The molecule has 154 valence electrons. The van der Waals surface area contributed by atoms with Crippen LogP contribution in [-0.4, -0.2) is 45.9 Å². The van der Waals surface area contributed by atoms with Gasteiger partial charge in [0.15, 0.2) is 0 Å². The Balaban J connectivity index is 0.000000553. The number of aromatic amines is 1. The molecule has 2 aromatic rings. The highest BCUT2D eigenvalue weighted by atomic mass is 79.9. The summed E-state index contributed by atoms with van der Waals surface area (Å²) in [5.41, 5.74) is 0.671. The predicted octanol–water partition coefficient (Wildman–Crippen LogP) is 4.18. The molecule has 3 N–H and O–H groups in total. The number of hydrogen-bond acceptors (Lipinski definition) is 5.